The van der Waals surface area contributed by atoms with E-state index in [0.717, 1.165) is 40.0 Å². The Balaban J connectivity index is 2.16. The van der Waals surface area contributed by atoms with E-state index in [1.165, 1.54) is 5.56 Å². The molecule has 0 amide bonds. The second-order valence-corrected chi connectivity index (χ2v) is 5.36. The number of pyridine rings is 1. The topological polar surface area (TPSA) is 12.9 Å². The van der Waals surface area contributed by atoms with Gasteiger partial charge in [-0.25, -0.2) is 4.98 Å². The zero-order valence-electron chi connectivity index (χ0n) is 11.4. The molecule has 0 unspecified atom stereocenters. The predicted octanol–water partition coefficient (Wildman–Crippen LogP) is 5.51. The Hall–Kier alpha value is -1.86. The molecule has 0 radical (unpaired) electrons. The van der Waals surface area contributed by atoms with Crippen molar-refractivity contribution in [2.45, 2.75) is 19.8 Å². The zero-order chi connectivity index (χ0) is 13.9. The number of fused-ring (bicyclic) bond motifs is 1. The van der Waals surface area contributed by atoms with E-state index in [-0.39, 0.29) is 0 Å². The number of aromatic nitrogens is 1. The number of rotatable bonds is 3. The van der Waals surface area contributed by atoms with Crippen molar-refractivity contribution in [2.75, 3.05) is 0 Å². The largest absolute Gasteiger partial charge is 0.248 e. The molecule has 20 heavy (non-hydrogen) atoms. The van der Waals surface area contributed by atoms with Gasteiger partial charge in [0.2, 0.25) is 0 Å². The highest BCUT2D eigenvalue weighted by atomic mass is 35.5. The molecule has 0 aliphatic carbocycles. The van der Waals surface area contributed by atoms with E-state index in [4.69, 9.17) is 16.6 Å². The molecule has 1 aromatic heterocycles. The van der Waals surface area contributed by atoms with Crippen LogP contribution in [-0.2, 0) is 6.42 Å². The lowest BCUT2D eigenvalue weighted by atomic mass is 10.1. The Labute approximate surface area is 124 Å². The molecule has 0 aliphatic rings. The van der Waals surface area contributed by atoms with Crippen molar-refractivity contribution >= 4 is 22.5 Å². The van der Waals surface area contributed by atoms with Crippen LogP contribution in [0.3, 0.4) is 0 Å². The van der Waals surface area contributed by atoms with Gasteiger partial charge in [0.25, 0.3) is 0 Å². The summed E-state index contributed by atoms with van der Waals surface area (Å²) in [5.74, 6) is 0. The second-order valence-electron chi connectivity index (χ2n) is 4.96. The molecule has 0 spiro atoms. The van der Waals surface area contributed by atoms with Gasteiger partial charge in [-0.1, -0.05) is 67.4 Å². The van der Waals surface area contributed by atoms with E-state index >= 15 is 0 Å². The molecule has 0 aliphatic heterocycles. The molecule has 1 nitrogen and oxygen atoms in total. The van der Waals surface area contributed by atoms with Gasteiger partial charge in [-0.15, -0.1) is 0 Å². The van der Waals surface area contributed by atoms with Crippen LogP contribution in [0.5, 0.6) is 0 Å². The molecule has 0 atom stereocenters. The first-order chi connectivity index (χ1) is 9.78. The highest BCUT2D eigenvalue weighted by Crippen LogP contribution is 2.28. The molecule has 0 bridgehead atoms. The number of hydrogen-bond acceptors (Lipinski definition) is 1. The quantitative estimate of drug-likeness (QED) is 0.617. The van der Waals surface area contributed by atoms with Crippen molar-refractivity contribution in [2.24, 2.45) is 0 Å². The standard InChI is InChI=1S/C18H16ClN/c1-2-6-13-9-10-15-16(19)12-17(20-18(15)11-13)14-7-4-3-5-8-14/h3-5,7-12H,2,6H2,1H3. The van der Waals surface area contributed by atoms with Gasteiger partial charge in [0.1, 0.15) is 0 Å². The van der Waals surface area contributed by atoms with Gasteiger partial charge in [0.15, 0.2) is 0 Å². The maximum absolute atomic E-state index is 6.40. The number of nitrogens with zero attached hydrogens (tertiary/aromatic N) is 1. The fourth-order valence-electron chi connectivity index (χ4n) is 2.43. The third-order valence-corrected chi connectivity index (χ3v) is 3.74. The predicted molar refractivity (Wildman–Crippen MR) is 86.2 cm³/mol. The monoisotopic (exact) mass is 281 g/mol. The molecule has 2 heteroatoms. The minimum absolute atomic E-state index is 0.761. The molecular weight excluding hydrogens is 266 g/mol. The van der Waals surface area contributed by atoms with Crippen molar-refractivity contribution in [3.63, 3.8) is 0 Å². The van der Waals surface area contributed by atoms with Crippen LogP contribution in [0.4, 0.5) is 0 Å². The first-order valence-corrected chi connectivity index (χ1v) is 7.30. The minimum atomic E-state index is 0.761. The van der Waals surface area contributed by atoms with Gasteiger partial charge in [-0.05, 0) is 24.1 Å². The second kappa shape index (κ2) is 5.64. The Morgan fingerprint density at radius 1 is 1.00 bits per heavy atom. The van der Waals surface area contributed by atoms with Crippen molar-refractivity contribution in [3.05, 3.63) is 65.2 Å². The van der Waals surface area contributed by atoms with Crippen LogP contribution < -0.4 is 0 Å². The SMILES string of the molecule is CCCc1ccc2c(Cl)cc(-c3ccccc3)nc2c1. The summed E-state index contributed by atoms with van der Waals surface area (Å²) >= 11 is 6.40. The summed E-state index contributed by atoms with van der Waals surface area (Å²) in [4.78, 5) is 4.76. The van der Waals surface area contributed by atoms with Crippen LogP contribution in [0.25, 0.3) is 22.2 Å². The summed E-state index contributed by atoms with van der Waals surface area (Å²) in [5.41, 5.74) is 4.31. The molecule has 100 valence electrons. The van der Waals surface area contributed by atoms with E-state index in [1.54, 1.807) is 0 Å². The van der Waals surface area contributed by atoms with Gasteiger partial charge in [0, 0.05) is 10.9 Å². The number of benzene rings is 2. The molecule has 0 fully saturated rings. The third kappa shape index (κ3) is 2.54. The summed E-state index contributed by atoms with van der Waals surface area (Å²) in [6.45, 7) is 2.19. The van der Waals surface area contributed by atoms with E-state index < -0.39 is 0 Å². The highest BCUT2D eigenvalue weighted by Gasteiger charge is 2.06. The Bertz CT molecular complexity index is 735. The summed E-state index contributed by atoms with van der Waals surface area (Å²) < 4.78 is 0. The molecule has 3 rings (SSSR count). The van der Waals surface area contributed by atoms with Gasteiger partial charge in [-0.3, -0.25) is 0 Å². The molecular formula is C18H16ClN. The fraction of sp³-hybridized carbons (Fsp3) is 0.167. The number of aryl methyl sites for hydroxylation is 1. The Morgan fingerprint density at radius 2 is 1.80 bits per heavy atom. The maximum atomic E-state index is 6.40. The Morgan fingerprint density at radius 3 is 2.55 bits per heavy atom. The number of hydrogen-bond donors (Lipinski definition) is 0. The van der Waals surface area contributed by atoms with Crippen LogP contribution in [0.1, 0.15) is 18.9 Å². The van der Waals surface area contributed by atoms with Crippen LogP contribution >= 0.6 is 11.6 Å². The van der Waals surface area contributed by atoms with Crippen molar-refractivity contribution < 1.29 is 0 Å². The summed E-state index contributed by atoms with van der Waals surface area (Å²) in [5, 5.41) is 1.78. The normalized spacial score (nSPS) is 10.9. The molecule has 0 saturated heterocycles. The summed E-state index contributed by atoms with van der Waals surface area (Å²) in [6, 6.07) is 18.5. The minimum Gasteiger partial charge on any atom is -0.248 e. The lowest BCUT2D eigenvalue weighted by molar-refractivity contribution is 0.923. The van der Waals surface area contributed by atoms with Crippen molar-refractivity contribution in [1.82, 2.24) is 4.98 Å². The molecule has 1 heterocycles. The van der Waals surface area contributed by atoms with Gasteiger partial charge >= 0.3 is 0 Å². The summed E-state index contributed by atoms with van der Waals surface area (Å²) in [6.07, 6.45) is 2.21. The van der Waals surface area contributed by atoms with E-state index in [1.807, 2.05) is 24.3 Å². The molecule has 0 saturated carbocycles. The van der Waals surface area contributed by atoms with Crippen LogP contribution in [0.2, 0.25) is 5.02 Å². The van der Waals surface area contributed by atoms with Crippen molar-refractivity contribution in [3.8, 4) is 11.3 Å². The van der Waals surface area contributed by atoms with Crippen LogP contribution in [0, 0.1) is 0 Å². The molecule has 2 aromatic carbocycles. The first kappa shape index (κ1) is 13.1. The molecule has 3 aromatic rings. The maximum Gasteiger partial charge on any atom is 0.0727 e. The van der Waals surface area contributed by atoms with E-state index in [2.05, 4.69) is 37.3 Å². The van der Waals surface area contributed by atoms with E-state index in [0.29, 0.717) is 0 Å². The highest BCUT2D eigenvalue weighted by molar-refractivity contribution is 6.35. The average Bonchev–Trinajstić information content (AvgIpc) is 2.48. The third-order valence-electron chi connectivity index (χ3n) is 3.43. The van der Waals surface area contributed by atoms with Gasteiger partial charge in [0.05, 0.1) is 16.2 Å². The lowest BCUT2D eigenvalue weighted by Crippen LogP contribution is -1.89. The average molecular weight is 282 g/mol. The fourth-order valence-corrected chi connectivity index (χ4v) is 2.70. The van der Waals surface area contributed by atoms with Gasteiger partial charge in [-0.2, -0.15) is 0 Å². The van der Waals surface area contributed by atoms with Crippen LogP contribution in [0.15, 0.2) is 54.6 Å². The number of halogens is 1. The first-order valence-electron chi connectivity index (χ1n) is 6.92. The summed E-state index contributed by atoms with van der Waals surface area (Å²) in [7, 11) is 0. The van der Waals surface area contributed by atoms with E-state index in [9.17, 15) is 0 Å². The van der Waals surface area contributed by atoms with Gasteiger partial charge < -0.3 is 0 Å². The molecule has 0 N–H and O–H groups in total. The van der Waals surface area contributed by atoms with Crippen molar-refractivity contribution in [1.29, 1.82) is 0 Å². The Kier molecular flexibility index (Phi) is 3.70. The smallest absolute Gasteiger partial charge is 0.0727 e. The lowest BCUT2D eigenvalue weighted by Gasteiger charge is -2.07. The van der Waals surface area contributed by atoms with Crippen LogP contribution in [-0.4, -0.2) is 4.98 Å². The zero-order valence-corrected chi connectivity index (χ0v) is 12.2.